The highest BCUT2D eigenvalue weighted by Crippen LogP contribution is 2.29. The zero-order valence-corrected chi connectivity index (χ0v) is 17.6. The summed E-state index contributed by atoms with van der Waals surface area (Å²) in [6.07, 6.45) is 2.40. The van der Waals surface area contributed by atoms with Crippen molar-refractivity contribution in [1.82, 2.24) is 4.98 Å². The van der Waals surface area contributed by atoms with Crippen molar-refractivity contribution in [3.05, 3.63) is 54.2 Å². The molecule has 10 heteroatoms. The fourth-order valence-corrected chi connectivity index (χ4v) is 4.65. The number of pyridine rings is 1. The molecule has 0 amide bonds. The van der Waals surface area contributed by atoms with E-state index in [0.717, 1.165) is 12.0 Å². The van der Waals surface area contributed by atoms with E-state index in [1.165, 1.54) is 24.3 Å². The molecule has 29 heavy (non-hydrogen) atoms. The van der Waals surface area contributed by atoms with Crippen LogP contribution in [0.3, 0.4) is 0 Å². The van der Waals surface area contributed by atoms with Crippen molar-refractivity contribution < 1.29 is 16.8 Å². The van der Waals surface area contributed by atoms with Crippen molar-refractivity contribution in [2.24, 2.45) is 5.14 Å². The van der Waals surface area contributed by atoms with E-state index in [4.69, 9.17) is 5.14 Å². The first kappa shape index (κ1) is 21.0. The smallest absolute Gasteiger partial charge is 0.264 e. The van der Waals surface area contributed by atoms with Gasteiger partial charge >= 0.3 is 0 Å². The SMILES string of the molecule is CCCNc1ccc(S(N)(=O)=O)cc1NS(=O)(=O)c1cccc2cc(C)cnc12. The lowest BCUT2D eigenvalue weighted by atomic mass is 10.2. The van der Waals surface area contributed by atoms with E-state index >= 15 is 0 Å². The van der Waals surface area contributed by atoms with Crippen LogP contribution in [-0.4, -0.2) is 28.4 Å². The molecule has 3 aromatic rings. The number of para-hydroxylation sites is 1. The van der Waals surface area contributed by atoms with Gasteiger partial charge in [0.15, 0.2) is 0 Å². The molecule has 0 atom stereocenters. The van der Waals surface area contributed by atoms with Gasteiger partial charge in [-0.2, -0.15) is 0 Å². The van der Waals surface area contributed by atoms with Crippen LogP contribution < -0.4 is 15.2 Å². The number of hydrogen-bond donors (Lipinski definition) is 3. The Kier molecular flexibility index (Phi) is 5.78. The summed E-state index contributed by atoms with van der Waals surface area (Å²) >= 11 is 0. The lowest BCUT2D eigenvalue weighted by Gasteiger charge is -2.16. The van der Waals surface area contributed by atoms with Crippen LogP contribution in [0.25, 0.3) is 10.9 Å². The largest absolute Gasteiger partial charge is 0.383 e. The molecule has 0 saturated heterocycles. The molecule has 154 valence electrons. The standard InChI is InChI=1S/C19H22N4O4S2/c1-3-9-21-16-8-7-15(28(20,24)25)11-17(16)23-29(26,27)18-6-4-5-14-10-13(2)12-22-19(14)18/h4-8,10-12,21,23H,3,9H2,1-2H3,(H2,20,24,25). The Bertz CT molecular complexity index is 1270. The molecule has 0 bridgehead atoms. The first-order valence-corrected chi connectivity index (χ1v) is 11.9. The molecule has 0 aliphatic rings. The van der Waals surface area contributed by atoms with Crippen molar-refractivity contribution in [3.63, 3.8) is 0 Å². The van der Waals surface area contributed by atoms with Gasteiger partial charge < -0.3 is 5.32 Å². The summed E-state index contributed by atoms with van der Waals surface area (Å²) < 4.78 is 52.2. The minimum atomic E-state index is -4.05. The van der Waals surface area contributed by atoms with Crippen LogP contribution in [0.15, 0.2) is 58.5 Å². The minimum absolute atomic E-state index is 0.00236. The van der Waals surface area contributed by atoms with E-state index in [0.29, 0.717) is 23.1 Å². The van der Waals surface area contributed by atoms with E-state index in [1.807, 2.05) is 19.9 Å². The van der Waals surface area contributed by atoms with E-state index in [2.05, 4.69) is 15.0 Å². The van der Waals surface area contributed by atoms with Crippen molar-refractivity contribution in [1.29, 1.82) is 0 Å². The summed E-state index contributed by atoms with van der Waals surface area (Å²) in [5, 5.41) is 8.98. The van der Waals surface area contributed by atoms with Crippen LogP contribution in [0.2, 0.25) is 0 Å². The molecular weight excluding hydrogens is 412 g/mol. The number of nitrogens with two attached hydrogens (primary N) is 1. The Morgan fingerprint density at radius 1 is 1.03 bits per heavy atom. The molecule has 8 nitrogen and oxygen atoms in total. The highest BCUT2D eigenvalue weighted by atomic mass is 32.2. The van der Waals surface area contributed by atoms with E-state index in [-0.39, 0.29) is 15.5 Å². The summed E-state index contributed by atoms with van der Waals surface area (Å²) in [5.41, 5.74) is 1.78. The molecule has 0 radical (unpaired) electrons. The first-order chi connectivity index (χ1) is 13.6. The number of hydrogen-bond acceptors (Lipinski definition) is 6. The average Bonchev–Trinajstić information content (AvgIpc) is 2.65. The van der Waals surface area contributed by atoms with Gasteiger partial charge in [-0.25, -0.2) is 22.0 Å². The highest BCUT2D eigenvalue weighted by molar-refractivity contribution is 7.93. The van der Waals surface area contributed by atoms with Gasteiger partial charge in [-0.15, -0.1) is 0 Å². The van der Waals surface area contributed by atoms with Gasteiger partial charge in [0.05, 0.1) is 21.8 Å². The maximum absolute atomic E-state index is 13.1. The van der Waals surface area contributed by atoms with E-state index in [9.17, 15) is 16.8 Å². The number of fused-ring (bicyclic) bond motifs is 1. The van der Waals surface area contributed by atoms with Gasteiger partial charge in [-0.3, -0.25) is 9.71 Å². The molecule has 1 aromatic heterocycles. The van der Waals surface area contributed by atoms with Gasteiger partial charge in [-0.05, 0) is 49.2 Å². The van der Waals surface area contributed by atoms with Gasteiger partial charge in [0.2, 0.25) is 10.0 Å². The molecule has 0 unspecified atom stereocenters. The second-order valence-corrected chi connectivity index (χ2v) is 9.84. The van der Waals surface area contributed by atoms with Crippen molar-refractivity contribution in [2.45, 2.75) is 30.1 Å². The minimum Gasteiger partial charge on any atom is -0.383 e. The van der Waals surface area contributed by atoms with Crippen LogP contribution in [0, 0.1) is 6.92 Å². The Morgan fingerprint density at radius 2 is 1.79 bits per heavy atom. The number of anilines is 2. The lowest BCUT2D eigenvalue weighted by molar-refractivity contribution is 0.596. The predicted molar refractivity (Wildman–Crippen MR) is 114 cm³/mol. The molecule has 0 saturated carbocycles. The van der Waals surface area contributed by atoms with Gasteiger partial charge in [0.1, 0.15) is 4.90 Å². The number of nitrogens with zero attached hydrogens (tertiary/aromatic N) is 1. The number of primary sulfonamides is 1. The molecule has 4 N–H and O–H groups in total. The number of aromatic nitrogens is 1. The number of nitrogens with one attached hydrogen (secondary N) is 2. The third-order valence-electron chi connectivity index (χ3n) is 4.23. The third kappa shape index (κ3) is 4.66. The third-order valence-corrected chi connectivity index (χ3v) is 6.54. The number of sulfonamides is 2. The van der Waals surface area contributed by atoms with E-state index < -0.39 is 20.0 Å². The van der Waals surface area contributed by atoms with Gasteiger partial charge in [0.25, 0.3) is 10.0 Å². The monoisotopic (exact) mass is 434 g/mol. The maximum Gasteiger partial charge on any atom is 0.264 e. The number of rotatable bonds is 7. The molecular formula is C19H22N4O4S2. The Labute approximate surface area is 170 Å². The quantitative estimate of drug-likeness (QED) is 0.524. The van der Waals surface area contributed by atoms with Crippen LogP contribution in [0.5, 0.6) is 0 Å². The second-order valence-electron chi connectivity index (χ2n) is 6.63. The lowest BCUT2D eigenvalue weighted by Crippen LogP contribution is -2.17. The van der Waals surface area contributed by atoms with Crippen molar-refractivity contribution >= 4 is 42.3 Å². The summed E-state index contributed by atoms with van der Waals surface area (Å²) in [6.45, 7) is 4.41. The molecule has 0 fully saturated rings. The van der Waals surface area contributed by atoms with Crippen LogP contribution >= 0.6 is 0 Å². The Morgan fingerprint density at radius 3 is 2.48 bits per heavy atom. The van der Waals surface area contributed by atoms with E-state index in [1.54, 1.807) is 18.3 Å². The van der Waals surface area contributed by atoms with Gasteiger partial charge in [-0.1, -0.05) is 19.1 Å². The Hall–Kier alpha value is -2.69. The molecule has 3 rings (SSSR count). The van der Waals surface area contributed by atoms with Crippen LogP contribution in [-0.2, 0) is 20.0 Å². The number of benzene rings is 2. The second kappa shape index (κ2) is 7.97. The maximum atomic E-state index is 13.1. The zero-order valence-electron chi connectivity index (χ0n) is 16.0. The summed E-state index contributed by atoms with van der Waals surface area (Å²) in [7, 11) is -8.05. The molecule has 0 spiro atoms. The molecule has 0 aliphatic heterocycles. The fraction of sp³-hybridized carbons (Fsp3) is 0.211. The summed E-state index contributed by atoms with van der Waals surface area (Å²) in [4.78, 5) is 4.07. The first-order valence-electron chi connectivity index (χ1n) is 8.91. The normalized spacial score (nSPS) is 12.1. The molecule has 2 aromatic carbocycles. The number of aryl methyl sites for hydroxylation is 1. The predicted octanol–water partition coefficient (Wildman–Crippen LogP) is 2.81. The average molecular weight is 435 g/mol. The highest BCUT2D eigenvalue weighted by Gasteiger charge is 2.21. The fourth-order valence-electron chi connectivity index (χ4n) is 2.86. The Balaban J connectivity index is 2.10. The van der Waals surface area contributed by atoms with Gasteiger partial charge in [0, 0.05) is 18.1 Å². The summed E-state index contributed by atoms with van der Waals surface area (Å²) in [6, 6.07) is 10.7. The topological polar surface area (TPSA) is 131 Å². The summed E-state index contributed by atoms with van der Waals surface area (Å²) in [5.74, 6) is 0. The molecule has 0 aliphatic carbocycles. The van der Waals surface area contributed by atoms with Crippen molar-refractivity contribution in [3.8, 4) is 0 Å². The van der Waals surface area contributed by atoms with Crippen LogP contribution in [0.1, 0.15) is 18.9 Å². The molecule has 1 heterocycles. The van der Waals surface area contributed by atoms with Crippen LogP contribution in [0.4, 0.5) is 11.4 Å². The van der Waals surface area contributed by atoms with Crippen molar-refractivity contribution in [2.75, 3.05) is 16.6 Å². The zero-order chi connectivity index (χ0) is 21.2.